The highest BCUT2D eigenvalue weighted by molar-refractivity contribution is 7.98. The second-order valence-corrected chi connectivity index (χ2v) is 7.03. The summed E-state index contributed by atoms with van der Waals surface area (Å²) in [5.74, 6) is 1.40. The third kappa shape index (κ3) is 2.88. The van der Waals surface area contributed by atoms with Gasteiger partial charge in [0.25, 0.3) is 6.29 Å². The molecule has 5 heteroatoms. The van der Waals surface area contributed by atoms with E-state index in [0.29, 0.717) is 37.6 Å². The van der Waals surface area contributed by atoms with E-state index in [2.05, 4.69) is 18.4 Å². The van der Waals surface area contributed by atoms with Gasteiger partial charge in [0, 0.05) is 36.5 Å². The molecule has 2 heterocycles. The summed E-state index contributed by atoms with van der Waals surface area (Å²) < 4.78 is 17.2. The van der Waals surface area contributed by atoms with Crippen LogP contribution in [0.25, 0.3) is 0 Å². The van der Waals surface area contributed by atoms with Gasteiger partial charge in [0.1, 0.15) is 0 Å². The third-order valence-corrected chi connectivity index (χ3v) is 5.40. The predicted molar refractivity (Wildman–Crippen MR) is 92.6 cm³/mol. The summed E-state index contributed by atoms with van der Waals surface area (Å²) in [5, 5.41) is 10.8. The Balaban J connectivity index is 1.55. The molecule has 24 heavy (non-hydrogen) atoms. The Morgan fingerprint density at radius 3 is 2.42 bits per heavy atom. The second-order valence-electron chi connectivity index (χ2n) is 6.15. The maximum absolute atomic E-state index is 10.8. The molecule has 1 saturated heterocycles. The lowest BCUT2D eigenvalue weighted by Gasteiger charge is -2.32. The van der Waals surface area contributed by atoms with Gasteiger partial charge in [0.05, 0.1) is 5.60 Å². The van der Waals surface area contributed by atoms with Crippen LogP contribution in [-0.4, -0.2) is 24.6 Å². The van der Waals surface area contributed by atoms with Crippen LogP contribution in [0.5, 0.6) is 11.5 Å². The largest absolute Gasteiger partial charge is 0.447 e. The zero-order valence-corrected chi connectivity index (χ0v) is 14.3. The first-order valence-corrected chi connectivity index (χ1v) is 9.32. The zero-order chi connectivity index (χ0) is 16.6. The van der Waals surface area contributed by atoms with Crippen molar-refractivity contribution < 1.29 is 19.3 Å². The van der Waals surface area contributed by atoms with E-state index in [1.807, 2.05) is 30.3 Å². The van der Waals surface area contributed by atoms with Gasteiger partial charge in [0.2, 0.25) is 0 Å². The van der Waals surface area contributed by atoms with Crippen molar-refractivity contribution in [2.75, 3.05) is 19.5 Å². The normalized spacial score (nSPS) is 21.7. The lowest BCUT2D eigenvalue weighted by Crippen LogP contribution is -2.33. The second kappa shape index (κ2) is 6.31. The Labute approximate surface area is 145 Å². The average Bonchev–Trinajstić information content (AvgIpc) is 3.06. The topological polar surface area (TPSA) is 47.9 Å². The SMILES string of the molecule is CSc1ccc(C2Oc3ccc(C4(O)CCOCC4)cc3O2)cc1. The average molecular weight is 344 g/mol. The highest BCUT2D eigenvalue weighted by Gasteiger charge is 2.34. The molecule has 0 saturated carbocycles. The monoisotopic (exact) mass is 344 g/mol. The smallest absolute Gasteiger partial charge is 0.267 e. The van der Waals surface area contributed by atoms with Gasteiger partial charge in [-0.15, -0.1) is 11.8 Å². The molecule has 2 aromatic carbocycles. The van der Waals surface area contributed by atoms with E-state index < -0.39 is 11.9 Å². The number of hydrogen-bond donors (Lipinski definition) is 1. The maximum atomic E-state index is 10.8. The first-order chi connectivity index (χ1) is 11.7. The summed E-state index contributed by atoms with van der Waals surface area (Å²) in [6, 6.07) is 13.9. The molecule has 2 aromatic rings. The van der Waals surface area contributed by atoms with Gasteiger partial charge in [-0.1, -0.05) is 18.2 Å². The minimum atomic E-state index is -0.839. The maximum Gasteiger partial charge on any atom is 0.267 e. The van der Waals surface area contributed by atoms with Crippen molar-refractivity contribution in [3.63, 3.8) is 0 Å². The fourth-order valence-corrected chi connectivity index (χ4v) is 3.54. The molecule has 0 radical (unpaired) electrons. The Hall–Kier alpha value is -1.69. The molecule has 2 aliphatic rings. The molecule has 1 atom stereocenters. The molecule has 1 fully saturated rings. The molecule has 126 valence electrons. The summed E-state index contributed by atoms with van der Waals surface area (Å²) in [6.45, 7) is 1.16. The van der Waals surface area contributed by atoms with Crippen molar-refractivity contribution in [1.29, 1.82) is 0 Å². The fraction of sp³-hybridized carbons (Fsp3) is 0.368. The van der Waals surface area contributed by atoms with Crippen molar-refractivity contribution in [3.8, 4) is 11.5 Å². The molecular weight excluding hydrogens is 324 g/mol. The van der Waals surface area contributed by atoms with E-state index in [0.717, 1.165) is 11.1 Å². The molecule has 4 rings (SSSR count). The van der Waals surface area contributed by atoms with E-state index in [4.69, 9.17) is 14.2 Å². The van der Waals surface area contributed by atoms with Crippen LogP contribution in [0.4, 0.5) is 0 Å². The van der Waals surface area contributed by atoms with Crippen molar-refractivity contribution in [2.45, 2.75) is 29.6 Å². The fourth-order valence-electron chi connectivity index (χ4n) is 3.14. The predicted octanol–water partition coefficient (Wildman–Crippen LogP) is 3.88. The van der Waals surface area contributed by atoms with Crippen LogP contribution in [0.1, 0.15) is 30.3 Å². The Morgan fingerprint density at radius 1 is 1.00 bits per heavy atom. The van der Waals surface area contributed by atoms with Crippen LogP contribution in [-0.2, 0) is 10.3 Å². The van der Waals surface area contributed by atoms with Gasteiger partial charge >= 0.3 is 0 Å². The molecule has 0 amide bonds. The highest BCUT2D eigenvalue weighted by atomic mass is 32.2. The number of ether oxygens (including phenoxy) is 3. The van der Waals surface area contributed by atoms with Crippen LogP contribution in [0, 0.1) is 0 Å². The number of aliphatic hydroxyl groups is 1. The summed E-state index contributed by atoms with van der Waals surface area (Å²) in [5.41, 5.74) is 1.01. The van der Waals surface area contributed by atoms with Crippen molar-refractivity contribution in [1.82, 2.24) is 0 Å². The molecule has 0 aromatic heterocycles. The highest BCUT2D eigenvalue weighted by Crippen LogP contribution is 2.44. The Bertz CT molecular complexity index is 723. The first kappa shape index (κ1) is 15.8. The minimum Gasteiger partial charge on any atom is -0.447 e. The number of thioether (sulfide) groups is 1. The van der Waals surface area contributed by atoms with Crippen LogP contribution in [0.15, 0.2) is 47.4 Å². The molecular formula is C19H20O4S. The van der Waals surface area contributed by atoms with Gasteiger partial charge in [-0.2, -0.15) is 0 Å². The first-order valence-electron chi connectivity index (χ1n) is 8.10. The molecule has 1 unspecified atom stereocenters. The summed E-state index contributed by atoms with van der Waals surface area (Å²) in [7, 11) is 0. The number of fused-ring (bicyclic) bond motifs is 1. The van der Waals surface area contributed by atoms with Crippen molar-refractivity contribution in [3.05, 3.63) is 53.6 Å². The van der Waals surface area contributed by atoms with Crippen molar-refractivity contribution >= 4 is 11.8 Å². The number of benzene rings is 2. The van der Waals surface area contributed by atoms with E-state index >= 15 is 0 Å². The quantitative estimate of drug-likeness (QED) is 0.857. The van der Waals surface area contributed by atoms with Gasteiger partial charge in [-0.25, -0.2) is 0 Å². The minimum absolute atomic E-state index is 0.435. The van der Waals surface area contributed by atoms with Gasteiger partial charge in [-0.3, -0.25) is 0 Å². The van der Waals surface area contributed by atoms with Crippen LogP contribution < -0.4 is 9.47 Å². The van der Waals surface area contributed by atoms with Crippen LogP contribution in [0.3, 0.4) is 0 Å². The summed E-state index contributed by atoms with van der Waals surface area (Å²) >= 11 is 1.71. The van der Waals surface area contributed by atoms with E-state index in [9.17, 15) is 5.11 Å². The third-order valence-electron chi connectivity index (χ3n) is 4.66. The van der Waals surface area contributed by atoms with E-state index in [1.54, 1.807) is 11.8 Å². The molecule has 2 aliphatic heterocycles. The number of rotatable bonds is 3. The molecule has 0 spiro atoms. The van der Waals surface area contributed by atoms with Gasteiger partial charge in [0.15, 0.2) is 11.5 Å². The Kier molecular flexibility index (Phi) is 4.16. The Morgan fingerprint density at radius 2 is 1.71 bits per heavy atom. The lowest BCUT2D eigenvalue weighted by atomic mass is 9.86. The van der Waals surface area contributed by atoms with Gasteiger partial charge in [-0.05, 0) is 36.1 Å². The van der Waals surface area contributed by atoms with E-state index in [1.165, 1.54) is 4.90 Å². The standard InChI is InChI=1S/C19H20O4S/c1-24-15-5-2-13(3-6-15)18-22-16-7-4-14(12-17(16)23-18)19(20)8-10-21-11-9-19/h2-7,12,18,20H,8-11H2,1H3. The number of hydrogen-bond acceptors (Lipinski definition) is 5. The molecule has 0 bridgehead atoms. The van der Waals surface area contributed by atoms with Gasteiger partial charge < -0.3 is 19.3 Å². The van der Waals surface area contributed by atoms with Crippen LogP contribution in [0.2, 0.25) is 0 Å². The molecule has 0 aliphatic carbocycles. The summed E-state index contributed by atoms with van der Waals surface area (Å²) in [4.78, 5) is 1.21. The molecule has 1 N–H and O–H groups in total. The van der Waals surface area contributed by atoms with E-state index in [-0.39, 0.29) is 0 Å². The lowest BCUT2D eigenvalue weighted by molar-refractivity contribution is -0.0680. The van der Waals surface area contributed by atoms with Crippen molar-refractivity contribution in [2.24, 2.45) is 0 Å². The summed E-state index contributed by atoms with van der Waals surface area (Å²) in [6.07, 6.45) is 2.82. The zero-order valence-electron chi connectivity index (χ0n) is 13.5. The molecule has 4 nitrogen and oxygen atoms in total. The van der Waals surface area contributed by atoms with Crippen LogP contribution >= 0.6 is 11.8 Å².